The lowest BCUT2D eigenvalue weighted by Gasteiger charge is -2.29. The van der Waals surface area contributed by atoms with E-state index >= 15 is 4.39 Å². The van der Waals surface area contributed by atoms with E-state index in [2.05, 4.69) is 5.10 Å². The van der Waals surface area contributed by atoms with Crippen LogP contribution >= 0.6 is 0 Å². The van der Waals surface area contributed by atoms with Crippen molar-refractivity contribution >= 4 is 26.8 Å². The van der Waals surface area contributed by atoms with Crippen LogP contribution in [0.5, 0.6) is 11.5 Å². The van der Waals surface area contributed by atoms with E-state index in [0.29, 0.717) is 30.0 Å². The Morgan fingerprint density at radius 2 is 1.65 bits per heavy atom. The first-order valence-corrected chi connectivity index (χ1v) is 16.3. The number of sulfone groups is 1. The fourth-order valence-electron chi connectivity index (χ4n) is 5.30. The second-order valence-corrected chi connectivity index (χ2v) is 13.6. The van der Waals surface area contributed by atoms with Gasteiger partial charge in [-0.25, -0.2) is 31.1 Å². The Hall–Kier alpha value is -5.11. The summed E-state index contributed by atoms with van der Waals surface area (Å²) in [7, 11) is -3.09. The molecule has 0 unspecified atom stereocenters. The van der Waals surface area contributed by atoms with Crippen molar-refractivity contribution < 1.29 is 26.7 Å². The van der Waals surface area contributed by atoms with Gasteiger partial charge < -0.3 is 9.64 Å². The standard InChI is InChI=1S/C32H29F2N5O6S/c1-20(2)37-19-25(31(41)39(32(37)42)23-6-4-22(33)5-7-23)28(40)16-21-3-8-29(26(34)15-21)45-30-17-24(18-38-27(30)9-10-35-38)36-11-13-46(43,44)14-12-36/h3-10,15,17-20H,11-14,16H2,1-2H3. The molecule has 3 aromatic heterocycles. The molecule has 4 heterocycles. The van der Waals surface area contributed by atoms with Crippen molar-refractivity contribution in [3.63, 3.8) is 0 Å². The first-order chi connectivity index (χ1) is 21.9. The molecule has 0 radical (unpaired) electrons. The average Bonchev–Trinajstić information content (AvgIpc) is 3.48. The van der Waals surface area contributed by atoms with Crippen molar-refractivity contribution in [3.8, 4) is 17.2 Å². The smallest absolute Gasteiger partial charge is 0.335 e. The van der Waals surface area contributed by atoms with Crippen LogP contribution in [-0.2, 0) is 16.3 Å². The van der Waals surface area contributed by atoms with Crippen molar-refractivity contribution in [3.05, 3.63) is 117 Å². The summed E-state index contributed by atoms with van der Waals surface area (Å²) >= 11 is 0. The first-order valence-electron chi connectivity index (χ1n) is 14.5. The van der Waals surface area contributed by atoms with Gasteiger partial charge in [0.2, 0.25) is 0 Å². The minimum atomic E-state index is -3.09. The number of benzene rings is 2. The van der Waals surface area contributed by atoms with E-state index in [0.717, 1.165) is 22.8 Å². The molecule has 0 bridgehead atoms. The normalized spacial score (nSPS) is 14.6. The fourth-order valence-corrected chi connectivity index (χ4v) is 6.50. The van der Waals surface area contributed by atoms with Crippen LogP contribution in [0.4, 0.5) is 14.5 Å². The molecule has 6 rings (SSSR count). The van der Waals surface area contributed by atoms with Crippen LogP contribution in [-0.4, -0.2) is 57.5 Å². The van der Waals surface area contributed by atoms with Gasteiger partial charge in [0.1, 0.15) is 16.9 Å². The van der Waals surface area contributed by atoms with Crippen molar-refractivity contribution in [2.75, 3.05) is 29.5 Å². The number of anilines is 1. The summed E-state index contributed by atoms with van der Waals surface area (Å²) in [6.07, 6.45) is 4.17. The molecule has 0 N–H and O–H groups in total. The number of hydrogen-bond acceptors (Lipinski definition) is 8. The molecule has 11 nitrogen and oxygen atoms in total. The zero-order chi connectivity index (χ0) is 32.7. The number of rotatable bonds is 8. The fraction of sp³-hybridized carbons (Fsp3) is 0.250. The quantitative estimate of drug-likeness (QED) is 0.232. The Morgan fingerprint density at radius 1 is 0.935 bits per heavy atom. The molecule has 0 atom stereocenters. The van der Waals surface area contributed by atoms with Crippen LogP contribution in [0.2, 0.25) is 0 Å². The molecule has 0 amide bonds. The van der Waals surface area contributed by atoms with Gasteiger partial charge in [-0.3, -0.25) is 14.2 Å². The zero-order valence-electron chi connectivity index (χ0n) is 24.9. The van der Waals surface area contributed by atoms with Gasteiger partial charge in [0.05, 0.1) is 35.3 Å². The number of hydrogen-bond donors (Lipinski definition) is 0. The summed E-state index contributed by atoms with van der Waals surface area (Å²) in [6, 6.07) is 11.8. The van der Waals surface area contributed by atoms with E-state index in [1.807, 2.05) is 4.90 Å². The second kappa shape index (κ2) is 12.0. The summed E-state index contributed by atoms with van der Waals surface area (Å²) in [4.78, 5) is 41.8. The third kappa shape index (κ3) is 6.07. The number of fused-ring (bicyclic) bond motifs is 1. The van der Waals surface area contributed by atoms with Crippen molar-refractivity contribution in [2.24, 2.45) is 0 Å². The van der Waals surface area contributed by atoms with E-state index in [-0.39, 0.29) is 40.5 Å². The zero-order valence-corrected chi connectivity index (χ0v) is 25.7. The van der Waals surface area contributed by atoms with E-state index in [1.54, 1.807) is 42.9 Å². The SMILES string of the molecule is CC(C)n1cc(C(=O)Cc2ccc(Oc3cc(N4CCS(=O)(=O)CC4)cn4nccc34)c(F)c2)c(=O)n(-c2ccc(F)cc2)c1=O. The van der Waals surface area contributed by atoms with Crippen LogP contribution in [0, 0.1) is 11.6 Å². The van der Waals surface area contributed by atoms with Gasteiger partial charge in [0.15, 0.2) is 32.9 Å². The van der Waals surface area contributed by atoms with Crippen LogP contribution in [0.3, 0.4) is 0 Å². The molecular weight excluding hydrogens is 620 g/mol. The number of halogens is 2. The molecule has 1 saturated heterocycles. The summed E-state index contributed by atoms with van der Waals surface area (Å²) in [5, 5.41) is 4.26. The van der Waals surface area contributed by atoms with Crippen LogP contribution in [0.25, 0.3) is 11.2 Å². The van der Waals surface area contributed by atoms with Gasteiger partial charge in [-0.05, 0) is 61.9 Å². The lowest BCUT2D eigenvalue weighted by Crippen LogP contribution is -2.42. The second-order valence-electron chi connectivity index (χ2n) is 11.3. The van der Waals surface area contributed by atoms with E-state index < -0.39 is 44.5 Å². The summed E-state index contributed by atoms with van der Waals surface area (Å²) < 4.78 is 62.3. The molecule has 1 aliphatic rings. The highest BCUT2D eigenvalue weighted by atomic mass is 32.2. The Labute approximate surface area is 261 Å². The average molecular weight is 650 g/mol. The molecular formula is C32H29F2N5O6S. The Balaban J connectivity index is 1.27. The minimum absolute atomic E-state index is 0.0216. The Kier molecular flexibility index (Phi) is 8.06. The number of ketones is 1. The van der Waals surface area contributed by atoms with Crippen molar-refractivity contribution in [1.82, 2.24) is 18.7 Å². The molecule has 14 heteroatoms. The number of pyridine rings is 1. The molecule has 0 saturated carbocycles. The topological polar surface area (TPSA) is 125 Å². The highest BCUT2D eigenvalue weighted by Crippen LogP contribution is 2.33. The van der Waals surface area contributed by atoms with Crippen LogP contribution < -0.4 is 20.9 Å². The maximum atomic E-state index is 15.4. The summed E-state index contributed by atoms with van der Waals surface area (Å²) in [5.74, 6) is -1.73. The third-order valence-electron chi connectivity index (χ3n) is 7.80. The molecule has 0 spiro atoms. The number of carbonyl (C=O) groups excluding carboxylic acids is 1. The van der Waals surface area contributed by atoms with E-state index in [4.69, 9.17) is 4.74 Å². The predicted octanol–water partition coefficient (Wildman–Crippen LogP) is 3.96. The number of carbonyl (C=O) groups is 1. The molecule has 0 aliphatic carbocycles. The minimum Gasteiger partial charge on any atom is -0.452 e. The van der Waals surface area contributed by atoms with Crippen molar-refractivity contribution in [2.45, 2.75) is 26.3 Å². The van der Waals surface area contributed by atoms with Crippen LogP contribution in [0.15, 0.2) is 82.8 Å². The van der Waals surface area contributed by atoms with Gasteiger partial charge in [-0.15, -0.1) is 0 Å². The number of ether oxygens (including phenoxy) is 1. The maximum absolute atomic E-state index is 15.4. The largest absolute Gasteiger partial charge is 0.452 e. The highest BCUT2D eigenvalue weighted by Gasteiger charge is 2.24. The first kappa shape index (κ1) is 30.9. The van der Waals surface area contributed by atoms with Gasteiger partial charge in [-0.2, -0.15) is 5.10 Å². The summed E-state index contributed by atoms with van der Waals surface area (Å²) in [5.41, 5.74) is -0.226. The van der Waals surface area contributed by atoms with Gasteiger partial charge >= 0.3 is 5.69 Å². The lowest BCUT2D eigenvalue weighted by molar-refractivity contribution is 0.0990. The number of nitrogens with zero attached hydrogens (tertiary/aromatic N) is 5. The van der Waals surface area contributed by atoms with Gasteiger partial charge in [0, 0.05) is 37.8 Å². The molecule has 2 aromatic carbocycles. The third-order valence-corrected chi connectivity index (χ3v) is 9.41. The molecule has 1 fully saturated rings. The predicted molar refractivity (Wildman–Crippen MR) is 167 cm³/mol. The van der Waals surface area contributed by atoms with Crippen LogP contribution in [0.1, 0.15) is 35.8 Å². The van der Waals surface area contributed by atoms with Gasteiger partial charge in [0.25, 0.3) is 5.56 Å². The Morgan fingerprint density at radius 3 is 2.33 bits per heavy atom. The van der Waals surface area contributed by atoms with E-state index in [9.17, 15) is 27.2 Å². The Bertz CT molecular complexity index is 2190. The monoisotopic (exact) mass is 649 g/mol. The molecule has 46 heavy (non-hydrogen) atoms. The number of aromatic nitrogens is 4. The van der Waals surface area contributed by atoms with Gasteiger partial charge in [-0.1, -0.05) is 6.07 Å². The maximum Gasteiger partial charge on any atom is 0.335 e. The highest BCUT2D eigenvalue weighted by molar-refractivity contribution is 7.91. The summed E-state index contributed by atoms with van der Waals surface area (Å²) in [6.45, 7) is 4.03. The number of Topliss-reactive ketones (excluding diaryl/α,β-unsaturated/α-hetero) is 1. The molecule has 5 aromatic rings. The van der Waals surface area contributed by atoms with E-state index in [1.165, 1.54) is 35.0 Å². The molecule has 1 aliphatic heterocycles. The van der Waals surface area contributed by atoms with Crippen molar-refractivity contribution in [1.29, 1.82) is 0 Å². The molecule has 238 valence electrons. The lowest BCUT2D eigenvalue weighted by atomic mass is 10.0.